The molecule has 0 amide bonds. The maximum atomic E-state index is 11.1. The van der Waals surface area contributed by atoms with Crippen LogP contribution in [-0.2, 0) is 0 Å². The minimum atomic E-state index is -0.539. The number of hydrogen-bond donors (Lipinski definition) is 0. The van der Waals surface area contributed by atoms with Gasteiger partial charge in [-0.2, -0.15) is 4.98 Å². The molecule has 0 saturated heterocycles. The van der Waals surface area contributed by atoms with Gasteiger partial charge in [0.05, 0.1) is 18.1 Å². The van der Waals surface area contributed by atoms with Crippen LogP contribution in [-0.4, -0.2) is 22.0 Å². The zero-order chi connectivity index (χ0) is 15.7. The lowest BCUT2D eigenvalue weighted by Crippen LogP contribution is -1.99. The Kier molecular flexibility index (Phi) is 3.81. The van der Waals surface area contributed by atoms with Crippen molar-refractivity contribution in [1.82, 2.24) is 9.97 Å². The third kappa shape index (κ3) is 3.09. The zero-order valence-electron chi connectivity index (χ0n) is 11.7. The molecular formula is C14H12ClN3O4. The lowest BCUT2D eigenvalue weighted by molar-refractivity contribution is -0.385. The summed E-state index contributed by atoms with van der Waals surface area (Å²) >= 11 is 5.95. The molecule has 7 nitrogen and oxygen atoms in total. The molecule has 2 aromatic rings. The number of ether oxygens (including phenoxy) is 2. The summed E-state index contributed by atoms with van der Waals surface area (Å²) in [6.07, 6.45) is 2.03. The Bertz CT molecular complexity index is 734. The molecule has 1 aromatic carbocycles. The van der Waals surface area contributed by atoms with Crippen molar-refractivity contribution in [2.75, 3.05) is 7.11 Å². The topological polar surface area (TPSA) is 87.4 Å². The van der Waals surface area contributed by atoms with Crippen molar-refractivity contribution in [3.8, 4) is 17.4 Å². The predicted octanol–water partition coefficient (Wildman–Crippen LogP) is 3.72. The van der Waals surface area contributed by atoms with Crippen LogP contribution >= 0.6 is 11.6 Å². The summed E-state index contributed by atoms with van der Waals surface area (Å²) in [6.45, 7) is 0. The van der Waals surface area contributed by atoms with Crippen LogP contribution < -0.4 is 9.47 Å². The van der Waals surface area contributed by atoms with Gasteiger partial charge in [0.15, 0.2) is 0 Å². The molecule has 1 aromatic heterocycles. The van der Waals surface area contributed by atoms with Crippen LogP contribution in [0.1, 0.15) is 24.6 Å². The maximum absolute atomic E-state index is 11.1. The van der Waals surface area contributed by atoms with E-state index in [1.54, 1.807) is 6.07 Å². The van der Waals surface area contributed by atoms with E-state index in [1.165, 1.54) is 25.3 Å². The molecule has 1 heterocycles. The van der Waals surface area contributed by atoms with Crippen LogP contribution in [0.2, 0.25) is 5.15 Å². The van der Waals surface area contributed by atoms with Gasteiger partial charge in [-0.1, -0.05) is 11.6 Å². The lowest BCUT2D eigenvalue weighted by atomic mass is 10.3. The highest BCUT2D eigenvalue weighted by Crippen LogP contribution is 2.40. The Labute approximate surface area is 131 Å². The molecule has 114 valence electrons. The second-order valence-corrected chi connectivity index (χ2v) is 5.24. The third-order valence-electron chi connectivity index (χ3n) is 3.21. The number of methoxy groups -OCH3 is 1. The molecule has 0 N–H and O–H groups in total. The van der Waals surface area contributed by atoms with E-state index in [0.29, 0.717) is 17.5 Å². The molecule has 0 atom stereocenters. The molecule has 22 heavy (non-hydrogen) atoms. The van der Waals surface area contributed by atoms with Gasteiger partial charge in [-0.05, 0) is 25.0 Å². The fourth-order valence-electron chi connectivity index (χ4n) is 1.96. The molecule has 1 saturated carbocycles. The van der Waals surface area contributed by atoms with E-state index in [4.69, 9.17) is 21.1 Å². The van der Waals surface area contributed by atoms with Gasteiger partial charge in [-0.25, -0.2) is 4.98 Å². The Morgan fingerprint density at radius 3 is 2.73 bits per heavy atom. The van der Waals surface area contributed by atoms with Gasteiger partial charge in [0, 0.05) is 12.0 Å². The summed E-state index contributed by atoms with van der Waals surface area (Å²) in [5, 5.41) is 11.4. The minimum Gasteiger partial charge on any atom is -0.496 e. The van der Waals surface area contributed by atoms with Crippen molar-refractivity contribution in [3.05, 3.63) is 45.4 Å². The molecule has 3 rings (SSSR count). The maximum Gasteiger partial charge on any atom is 0.315 e. The van der Waals surface area contributed by atoms with E-state index >= 15 is 0 Å². The first-order chi connectivity index (χ1) is 10.6. The van der Waals surface area contributed by atoms with Gasteiger partial charge in [0.2, 0.25) is 11.6 Å². The van der Waals surface area contributed by atoms with Gasteiger partial charge in [-0.15, -0.1) is 0 Å². The van der Waals surface area contributed by atoms with Crippen LogP contribution in [0.3, 0.4) is 0 Å². The summed E-state index contributed by atoms with van der Waals surface area (Å²) in [6, 6.07) is 5.76. The van der Waals surface area contributed by atoms with Gasteiger partial charge in [-0.3, -0.25) is 10.1 Å². The van der Waals surface area contributed by atoms with Crippen LogP contribution in [0.15, 0.2) is 24.3 Å². The van der Waals surface area contributed by atoms with Crippen LogP contribution in [0.5, 0.6) is 17.4 Å². The highest BCUT2D eigenvalue weighted by Gasteiger charge is 2.28. The quantitative estimate of drug-likeness (QED) is 0.474. The van der Waals surface area contributed by atoms with Crippen molar-refractivity contribution in [2.45, 2.75) is 18.8 Å². The monoisotopic (exact) mass is 321 g/mol. The summed E-state index contributed by atoms with van der Waals surface area (Å²) < 4.78 is 10.5. The Balaban J connectivity index is 1.94. The summed E-state index contributed by atoms with van der Waals surface area (Å²) in [5.41, 5.74) is -0.206. The molecule has 0 bridgehead atoms. The molecule has 1 fully saturated rings. The van der Waals surface area contributed by atoms with E-state index in [2.05, 4.69) is 9.97 Å². The van der Waals surface area contributed by atoms with Crippen molar-refractivity contribution in [2.24, 2.45) is 0 Å². The summed E-state index contributed by atoms with van der Waals surface area (Å²) in [7, 11) is 1.44. The average Bonchev–Trinajstić information content (AvgIpc) is 3.31. The fraction of sp³-hybridized carbons (Fsp3) is 0.286. The number of benzene rings is 1. The normalized spacial score (nSPS) is 13.7. The standard InChI is InChI=1S/C14H12ClN3O4/c1-21-9-4-5-11(10(6-9)18(19)20)22-13-7-12(15)16-14(17-13)8-2-3-8/h4-8H,2-3H2,1H3. The molecule has 1 aliphatic carbocycles. The third-order valence-corrected chi connectivity index (χ3v) is 3.40. The van der Waals surface area contributed by atoms with Gasteiger partial charge < -0.3 is 9.47 Å². The highest BCUT2D eigenvalue weighted by atomic mass is 35.5. The number of nitro benzene ring substituents is 1. The zero-order valence-corrected chi connectivity index (χ0v) is 12.4. The largest absolute Gasteiger partial charge is 0.496 e. The van der Waals surface area contributed by atoms with Crippen molar-refractivity contribution < 1.29 is 14.4 Å². The Hall–Kier alpha value is -2.41. The fourth-order valence-corrected chi connectivity index (χ4v) is 2.14. The second kappa shape index (κ2) is 5.76. The summed E-state index contributed by atoms with van der Waals surface area (Å²) in [4.78, 5) is 19.0. The van der Waals surface area contributed by atoms with E-state index in [1.807, 2.05) is 0 Å². The van der Waals surface area contributed by atoms with Crippen LogP contribution in [0.4, 0.5) is 5.69 Å². The second-order valence-electron chi connectivity index (χ2n) is 4.85. The summed E-state index contributed by atoms with van der Waals surface area (Å²) in [5.74, 6) is 1.54. The molecule has 0 unspecified atom stereocenters. The van der Waals surface area contributed by atoms with Crippen molar-refractivity contribution in [1.29, 1.82) is 0 Å². The van der Waals surface area contributed by atoms with Crippen molar-refractivity contribution in [3.63, 3.8) is 0 Å². The van der Waals surface area contributed by atoms with Crippen molar-refractivity contribution >= 4 is 17.3 Å². The smallest absolute Gasteiger partial charge is 0.315 e. The van der Waals surface area contributed by atoms with E-state index in [0.717, 1.165) is 12.8 Å². The van der Waals surface area contributed by atoms with Gasteiger partial charge in [0.25, 0.3) is 0 Å². The highest BCUT2D eigenvalue weighted by molar-refractivity contribution is 6.29. The van der Waals surface area contributed by atoms with Gasteiger partial charge >= 0.3 is 5.69 Å². The average molecular weight is 322 g/mol. The minimum absolute atomic E-state index is 0.0716. The molecule has 0 spiro atoms. The first-order valence-electron chi connectivity index (χ1n) is 6.61. The molecule has 8 heteroatoms. The number of aromatic nitrogens is 2. The van der Waals surface area contributed by atoms with E-state index in [-0.39, 0.29) is 22.5 Å². The van der Waals surface area contributed by atoms with Crippen LogP contribution in [0.25, 0.3) is 0 Å². The number of nitro groups is 1. The molecule has 0 radical (unpaired) electrons. The lowest BCUT2D eigenvalue weighted by Gasteiger charge is -2.08. The Morgan fingerprint density at radius 2 is 2.09 bits per heavy atom. The Morgan fingerprint density at radius 1 is 1.32 bits per heavy atom. The number of halogens is 1. The SMILES string of the molecule is COc1ccc(Oc2cc(Cl)nc(C3CC3)n2)c([N+](=O)[O-])c1. The molecule has 0 aliphatic heterocycles. The first-order valence-corrected chi connectivity index (χ1v) is 6.99. The van der Waals surface area contributed by atoms with E-state index < -0.39 is 4.92 Å². The van der Waals surface area contributed by atoms with E-state index in [9.17, 15) is 10.1 Å². The predicted molar refractivity (Wildman–Crippen MR) is 78.7 cm³/mol. The molecule has 1 aliphatic rings. The number of nitrogens with zero attached hydrogens (tertiary/aromatic N) is 3. The van der Waals surface area contributed by atoms with Crippen LogP contribution in [0, 0.1) is 10.1 Å². The number of rotatable bonds is 5. The van der Waals surface area contributed by atoms with Gasteiger partial charge in [0.1, 0.15) is 16.7 Å². The molecular weight excluding hydrogens is 310 g/mol. The number of hydrogen-bond acceptors (Lipinski definition) is 6. The first kappa shape index (κ1) is 14.5.